The fourth-order valence-electron chi connectivity index (χ4n) is 4.46. The first-order valence-electron chi connectivity index (χ1n) is 9.71. The van der Waals surface area contributed by atoms with Crippen LogP contribution in [0.15, 0.2) is 30.3 Å². The third kappa shape index (κ3) is 3.99. The molecule has 4 unspecified atom stereocenters. The molecule has 0 aromatic heterocycles. The summed E-state index contributed by atoms with van der Waals surface area (Å²) in [6.07, 6.45) is 3.18. The van der Waals surface area contributed by atoms with Gasteiger partial charge in [-0.25, -0.2) is 0 Å². The van der Waals surface area contributed by atoms with Crippen molar-refractivity contribution in [2.75, 3.05) is 6.54 Å². The van der Waals surface area contributed by atoms with Crippen molar-refractivity contribution in [3.05, 3.63) is 35.9 Å². The number of rotatable bonds is 5. The van der Waals surface area contributed by atoms with E-state index in [1.165, 1.54) is 0 Å². The van der Waals surface area contributed by atoms with Gasteiger partial charge < -0.3 is 15.3 Å². The molecule has 4 atom stereocenters. The van der Waals surface area contributed by atoms with Gasteiger partial charge >= 0.3 is 5.97 Å². The number of likely N-dealkylation sites (tertiary alicyclic amines) is 1. The van der Waals surface area contributed by atoms with Crippen molar-refractivity contribution in [3.63, 3.8) is 0 Å². The summed E-state index contributed by atoms with van der Waals surface area (Å²) < 4.78 is 0. The maximum absolute atomic E-state index is 12.9. The van der Waals surface area contributed by atoms with E-state index in [1.54, 1.807) is 4.90 Å². The number of amides is 2. The Labute approximate surface area is 159 Å². The van der Waals surface area contributed by atoms with E-state index in [-0.39, 0.29) is 24.3 Å². The van der Waals surface area contributed by atoms with Crippen molar-refractivity contribution in [2.24, 2.45) is 11.8 Å². The standard InChI is InChI=1S/C21H28N2O4/c1-14(15-8-4-3-5-9-15)23-13-16(12-18(23)24)19(25)22-21(2)11-7-6-10-17(21)20(26)27/h3-5,8-9,14,16-17H,6-7,10-13H2,1-2H3,(H,22,25)(H,26,27). The number of carbonyl (C=O) groups excluding carboxylic acids is 2. The predicted octanol–water partition coefficient (Wildman–Crippen LogP) is 2.75. The fraction of sp³-hybridized carbons (Fsp3) is 0.571. The molecular weight excluding hydrogens is 344 g/mol. The minimum atomic E-state index is -0.862. The zero-order chi connectivity index (χ0) is 19.6. The Bertz CT molecular complexity index is 720. The van der Waals surface area contributed by atoms with Crippen molar-refractivity contribution < 1.29 is 19.5 Å². The number of hydrogen-bond acceptors (Lipinski definition) is 3. The van der Waals surface area contributed by atoms with Crippen LogP contribution in [0.25, 0.3) is 0 Å². The molecule has 1 saturated heterocycles. The Morgan fingerprint density at radius 3 is 2.63 bits per heavy atom. The van der Waals surface area contributed by atoms with E-state index < -0.39 is 23.3 Å². The highest BCUT2D eigenvalue weighted by molar-refractivity contribution is 5.90. The minimum Gasteiger partial charge on any atom is -0.481 e. The van der Waals surface area contributed by atoms with Crippen LogP contribution >= 0.6 is 0 Å². The summed E-state index contributed by atoms with van der Waals surface area (Å²) in [6.45, 7) is 4.16. The topological polar surface area (TPSA) is 86.7 Å². The van der Waals surface area contributed by atoms with Crippen LogP contribution in [0.3, 0.4) is 0 Å². The van der Waals surface area contributed by atoms with Gasteiger partial charge in [-0.15, -0.1) is 0 Å². The fourth-order valence-corrected chi connectivity index (χ4v) is 4.46. The van der Waals surface area contributed by atoms with Gasteiger partial charge in [0.15, 0.2) is 0 Å². The average molecular weight is 372 g/mol. The van der Waals surface area contributed by atoms with Crippen LogP contribution in [-0.2, 0) is 14.4 Å². The molecule has 3 rings (SSSR count). The van der Waals surface area contributed by atoms with Crippen molar-refractivity contribution in [1.82, 2.24) is 10.2 Å². The molecule has 2 fully saturated rings. The highest BCUT2D eigenvalue weighted by Gasteiger charge is 2.45. The van der Waals surface area contributed by atoms with Crippen LogP contribution in [0.2, 0.25) is 0 Å². The van der Waals surface area contributed by atoms with E-state index in [0.717, 1.165) is 18.4 Å². The van der Waals surface area contributed by atoms with E-state index in [4.69, 9.17) is 0 Å². The average Bonchev–Trinajstić information content (AvgIpc) is 3.03. The number of hydrogen-bond donors (Lipinski definition) is 2. The van der Waals surface area contributed by atoms with Gasteiger partial charge in [0.05, 0.1) is 23.4 Å². The summed E-state index contributed by atoms with van der Waals surface area (Å²) in [5.41, 5.74) is 0.292. The van der Waals surface area contributed by atoms with E-state index >= 15 is 0 Å². The molecular formula is C21H28N2O4. The molecule has 1 heterocycles. The Balaban J connectivity index is 1.67. The summed E-state index contributed by atoms with van der Waals surface area (Å²) in [6, 6.07) is 9.67. The first kappa shape index (κ1) is 19.4. The number of nitrogens with one attached hydrogen (secondary N) is 1. The van der Waals surface area contributed by atoms with Crippen LogP contribution in [0.5, 0.6) is 0 Å². The third-order valence-electron chi connectivity index (χ3n) is 6.19. The van der Waals surface area contributed by atoms with Crippen molar-refractivity contribution in [3.8, 4) is 0 Å². The lowest BCUT2D eigenvalue weighted by molar-refractivity contribution is -0.147. The number of carboxylic acid groups (broad SMARTS) is 1. The van der Waals surface area contributed by atoms with Gasteiger partial charge in [0.2, 0.25) is 11.8 Å². The molecule has 2 aliphatic rings. The third-order valence-corrected chi connectivity index (χ3v) is 6.19. The maximum atomic E-state index is 12.9. The largest absolute Gasteiger partial charge is 0.481 e. The minimum absolute atomic E-state index is 0.0323. The molecule has 1 aromatic carbocycles. The Morgan fingerprint density at radius 1 is 1.26 bits per heavy atom. The zero-order valence-corrected chi connectivity index (χ0v) is 16.0. The van der Waals surface area contributed by atoms with Crippen molar-refractivity contribution in [1.29, 1.82) is 0 Å². The van der Waals surface area contributed by atoms with Crippen molar-refractivity contribution >= 4 is 17.8 Å². The highest BCUT2D eigenvalue weighted by Crippen LogP contribution is 2.35. The Morgan fingerprint density at radius 2 is 1.96 bits per heavy atom. The molecule has 0 bridgehead atoms. The van der Waals surface area contributed by atoms with E-state index in [0.29, 0.717) is 19.4 Å². The molecule has 1 aliphatic heterocycles. The summed E-state index contributed by atoms with van der Waals surface area (Å²) in [4.78, 5) is 38.7. The van der Waals surface area contributed by atoms with Gasteiger partial charge in [0.1, 0.15) is 0 Å². The number of nitrogens with zero attached hydrogens (tertiary/aromatic N) is 1. The summed E-state index contributed by atoms with van der Waals surface area (Å²) in [5, 5.41) is 12.5. The molecule has 1 saturated carbocycles. The molecule has 146 valence electrons. The van der Waals surface area contributed by atoms with Crippen molar-refractivity contribution in [2.45, 2.75) is 57.5 Å². The lowest BCUT2D eigenvalue weighted by Gasteiger charge is -2.40. The normalized spacial score (nSPS) is 29.4. The van der Waals surface area contributed by atoms with Gasteiger partial charge in [-0.2, -0.15) is 0 Å². The lowest BCUT2D eigenvalue weighted by Crippen LogP contribution is -2.56. The number of carboxylic acids is 1. The van der Waals surface area contributed by atoms with Crippen LogP contribution < -0.4 is 5.32 Å². The molecule has 6 heteroatoms. The quantitative estimate of drug-likeness (QED) is 0.832. The lowest BCUT2D eigenvalue weighted by atomic mass is 9.73. The van der Waals surface area contributed by atoms with Crippen LogP contribution in [0.1, 0.15) is 57.6 Å². The zero-order valence-electron chi connectivity index (χ0n) is 16.0. The van der Waals surface area contributed by atoms with Crippen LogP contribution in [0, 0.1) is 11.8 Å². The van der Waals surface area contributed by atoms with E-state index in [9.17, 15) is 19.5 Å². The van der Waals surface area contributed by atoms with Gasteiger partial charge in [0, 0.05) is 13.0 Å². The Kier molecular flexibility index (Phi) is 5.53. The first-order valence-corrected chi connectivity index (χ1v) is 9.71. The number of benzene rings is 1. The van der Waals surface area contributed by atoms with E-state index in [2.05, 4.69) is 5.32 Å². The number of carbonyl (C=O) groups is 3. The smallest absolute Gasteiger partial charge is 0.308 e. The predicted molar refractivity (Wildman–Crippen MR) is 101 cm³/mol. The molecule has 27 heavy (non-hydrogen) atoms. The highest BCUT2D eigenvalue weighted by atomic mass is 16.4. The second kappa shape index (κ2) is 7.71. The van der Waals surface area contributed by atoms with Crippen LogP contribution in [0.4, 0.5) is 0 Å². The van der Waals surface area contributed by atoms with Gasteiger partial charge in [0.25, 0.3) is 0 Å². The van der Waals surface area contributed by atoms with Gasteiger partial charge in [-0.1, -0.05) is 43.2 Å². The Hall–Kier alpha value is -2.37. The molecule has 6 nitrogen and oxygen atoms in total. The molecule has 2 amide bonds. The van der Waals surface area contributed by atoms with Gasteiger partial charge in [-0.3, -0.25) is 14.4 Å². The molecule has 2 N–H and O–H groups in total. The SMILES string of the molecule is CC(c1ccccc1)N1CC(C(=O)NC2(C)CCCCC2C(=O)O)CC1=O. The molecule has 0 spiro atoms. The second-order valence-corrected chi connectivity index (χ2v) is 8.08. The van der Waals surface area contributed by atoms with Crippen LogP contribution in [-0.4, -0.2) is 39.9 Å². The molecule has 1 aliphatic carbocycles. The summed E-state index contributed by atoms with van der Waals surface area (Å²) >= 11 is 0. The second-order valence-electron chi connectivity index (χ2n) is 8.08. The maximum Gasteiger partial charge on any atom is 0.308 e. The molecule has 0 radical (unpaired) electrons. The van der Waals surface area contributed by atoms with E-state index in [1.807, 2.05) is 44.2 Å². The summed E-state index contributed by atoms with van der Waals surface area (Å²) in [7, 11) is 0. The monoisotopic (exact) mass is 372 g/mol. The molecule has 1 aromatic rings. The number of aliphatic carboxylic acids is 1. The van der Waals surface area contributed by atoms with Gasteiger partial charge in [-0.05, 0) is 32.3 Å². The summed E-state index contributed by atoms with van der Waals surface area (Å²) in [5.74, 6) is -2.11. The first-order chi connectivity index (χ1) is 12.8.